The molecule has 0 bridgehead atoms. The maximum absolute atomic E-state index is 11.3. The van der Waals surface area contributed by atoms with Gasteiger partial charge in [-0.2, -0.15) is 5.26 Å². The molecule has 1 aromatic carbocycles. The first kappa shape index (κ1) is 16.4. The van der Waals surface area contributed by atoms with Crippen molar-refractivity contribution in [1.29, 1.82) is 5.26 Å². The number of rotatable bonds is 6. The van der Waals surface area contributed by atoms with Crippen LogP contribution in [0.5, 0.6) is 0 Å². The molecule has 0 amide bonds. The molecular weight excluding hydrogens is 298 g/mol. The van der Waals surface area contributed by atoms with Crippen LogP contribution in [0.1, 0.15) is 59.2 Å². The standard InChI is InChI=1S/C20H23N3O/c1-2-3-4-20-22-12-19(14-24)23(20)13-16-6-8-17-9-15(11-21)5-7-18(17)10-16/h6,8,10,12,14-15H,2-5,7,9,13H2,1H3. The molecule has 1 unspecified atom stereocenters. The molecule has 1 heterocycles. The highest BCUT2D eigenvalue weighted by molar-refractivity contribution is 5.72. The Morgan fingerprint density at radius 3 is 3.04 bits per heavy atom. The molecule has 0 saturated heterocycles. The van der Waals surface area contributed by atoms with Crippen molar-refractivity contribution in [2.75, 3.05) is 0 Å². The van der Waals surface area contributed by atoms with Crippen LogP contribution in [0.2, 0.25) is 0 Å². The summed E-state index contributed by atoms with van der Waals surface area (Å²) in [6, 6.07) is 8.90. The Hall–Kier alpha value is -2.41. The minimum absolute atomic E-state index is 0.152. The van der Waals surface area contributed by atoms with Gasteiger partial charge in [0.2, 0.25) is 0 Å². The quantitative estimate of drug-likeness (QED) is 0.762. The molecule has 24 heavy (non-hydrogen) atoms. The third kappa shape index (κ3) is 3.41. The number of unbranched alkanes of at least 4 members (excludes halogenated alkanes) is 1. The lowest BCUT2D eigenvalue weighted by Gasteiger charge is -2.21. The highest BCUT2D eigenvalue weighted by Gasteiger charge is 2.18. The number of carbonyl (C=O) groups is 1. The molecule has 0 N–H and O–H groups in total. The molecule has 1 aliphatic carbocycles. The van der Waals surface area contributed by atoms with Crippen LogP contribution in [-0.4, -0.2) is 15.8 Å². The Bertz CT molecular complexity index is 770. The summed E-state index contributed by atoms with van der Waals surface area (Å²) in [5.41, 5.74) is 4.48. The molecule has 4 nitrogen and oxygen atoms in total. The lowest BCUT2D eigenvalue weighted by molar-refractivity contribution is 0.111. The van der Waals surface area contributed by atoms with Crippen LogP contribution < -0.4 is 0 Å². The van der Waals surface area contributed by atoms with Crippen molar-refractivity contribution in [3.8, 4) is 6.07 Å². The summed E-state index contributed by atoms with van der Waals surface area (Å²) in [6.45, 7) is 2.84. The fourth-order valence-corrected chi connectivity index (χ4v) is 3.44. The van der Waals surface area contributed by atoms with Crippen molar-refractivity contribution in [2.24, 2.45) is 5.92 Å². The number of hydrogen-bond acceptors (Lipinski definition) is 3. The molecule has 0 aliphatic heterocycles. The van der Waals surface area contributed by atoms with E-state index in [1.165, 1.54) is 16.7 Å². The summed E-state index contributed by atoms with van der Waals surface area (Å²) in [6.07, 6.45) is 8.43. The van der Waals surface area contributed by atoms with Crippen molar-refractivity contribution < 1.29 is 4.79 Å². The van der Waals surface area contributed by atoms with Crippen molar-refractivity contribution in [1.82, 2.24) is 9.55 Å². The van der Waals surface area contributed by atoms with E-state index in [0.717, 1.165) is 50.6 Å². The second-order valence-corrected chi connectivity index (χ2v) is 6.58. The molecule has 0 saturated carbocycles. The molecule has 1 aliphatic rings. The van der Waals surface area contributed by atoms with E-state index in [4.69, 9.17) is 5.26 Å². The van der Waals surface area contributed by atoms with E-state index < -0.39 is 0 Å². The first-order valence-corrected chi connectivity index (χ1v) is 8.75. The van der Waals surface area contributed by atoms with Crippen molar-refractivity contribution in [3.05, 3.63) is 52.6 Å². The molecule has 4 heteroatoms. The molecule has 0 radical (unpaired) electrons. The fraction of sp³-hybridized carbons (Fsp3) is 0.450. The monoisotopic (exact) mass is 321 g/mol. The summed E-state index contributed by atoms with van der Waals surface area (Å²) in [5, 5.41) is 9.11. The van der Waals surface area contributed by atoms with E-state index in [1.807, 2.05) is 4.57 Å². The Morgan fingerprint density at radius 1 is 1.42 bits per heavy atom. The number of aryl methyl sites for hydroxylation is 2. The van der Waals surface area contributed by atoms with Crippen LogP contribution in [0, 0.1) is 17.2 Å². The Morgan fingerprint density at radius 2 is 2.29 bits per heavy atom. The molecular formula is C20H23N3O. The van der Waals surface area contributed by atoms with Gasteiger partial charge in [0.05, 0.1) is 18.2 Å². The van der Waals surface area contributed by atoms with Gasteiger partial charge in [-0.3, -0.25) is 4.79 Å². The summed E-state index contributed by atoms with van der Waals surface area (Å²) < 4.78 is 2.03. The number of nitriles is 1. The molecule has 0 fully saturated rings. The first-order chi connectivity index (χ1) is 11.7. The van der Waals surface area contributed by atoms with Gasteiger partial charge in [-0.25, -0.2) is 4.98 Å². The highest BCUT2D eigenvalue weighted by Crippen LogP contribution is 2.26. The molecule has 3 rings (SSSR count). The number of benzene rings is 1. The lowest BCUT2D eigenvalue weighted by Crippen LogP contribution is -2.14. The largest absolute Gasteiger partial charge is 0.321 e. The lowest BCUT2D eigenvalue weighted by atomic mass is 9.84. The Labute approximate surface area is 143 Å². The van der Waals surface area contributed by atoms with E-state index in [-0.39, 0.29) is 5.92 Å². The number of nitrogens with zero attached hydrogens (tertiary/aromatic N) is 3. The zero-order valence-corrected chi connectivity index (χ0v) is 14.2. The minimum Gasteiger partial charge on any atom is -0.321 e. The summed E-state index contributed by atoms with van der Waals surface area (Å²) in [7, 11) is 0. The number of imidazole rings is 1. The van der Waals surface area contributed by atoms with Crippen LogP contribution in [-0.2, 0) is 25.8 Å². The van der Waals surface area contributed by atoms with E-state index in [9.17, 15) is 4.79 Å². The number of hydrogen-bond donors (Lipinski definition) is 0. The second kappa shape index (κ2) is 7.44. The van der Waals surface area contributed by atoms with Gasteiger partial charge in [0.25, 0.3) is 0 Å². The number of aromatic nitrogens is 2. The summed E-state index contributed by atoms with van der Waals surface area (Å²) in [5.74, 6) is 1.14. The number of fused-ring (bicyclic) bond motifs is 1. The van der Waals surface area contributed by atoms with Gasteiger partial charge in [-0.1, -0.05) is 31.5 Å². The number of aldehydes is 1. The Kier molecular flexibility index (Phi) is 5.10. The van der Waals surface area contributed by atoms with E-state index in [0.29, 0.717) is 12.2 Å². The maximum atomic E-state index is 11.3. The zero-order chi connectivity index (χ0) is 16.9. The van der Waals surface area contributed by atoms with Gasteiger partial charge in [-0.15, -0.1) is 0 Å². The van der Waals surface area contributed by atoms with Crippen LogP contribution in [0.4, 0.5) is 0 Å². The van der Waals surface area contributed by atoms with Crippen LogP contribution >= 0.6 is 0 Å². The average Bonchev–Trinajstić information content (AvgIpc) is 3.01. The molecule has 0 spiro atoms. The second-order valence-electron chi connectivity index (χ2n) is 6.58. The predicted molar refractivity (Wildman–Crippen MR) is 92.9 cm³/mol. The normalized spacial score (nSPS) is 16.4. The molecule has 1 atom stereocenters. The van der Waals surface area contributed by atoms with E-state index in [2.05, 4.69) is 36.2 Å². The van der Waals surface area contributed by atoms with Gasteiger partial charge in [0.15, 0.2) is 6.29 Å². The molecule has 124 valence electrons. The van der Waals surface area contributed by atoms with Crippen LogP contribution in [0.15, 0.2) is 24.4 Å². The predicted octanol–water partition coefficient (Wildman–Crippen LogP) is 3.71. The highest BCUT2D eigenvalue weighted by atomic mass is 16.1. The van der Waals surface area contributed by atoms with Gasteiger partial charge < -0.3 is 4.57 Å². The SMILES string of the molecule is CCCCc1ncc(C=O)n1Cc1ccc2c(c1)CCC(C#N)C2. The summed E-state index contributed by atoms with van der Waals surface area (Å²) >= 11 is 0. The van der Waals surface area contributed by atoms with Gasteiger partial charge in [-0.05, 0) is 42.4 Å². The van der Waals surface area contributed by atoms with Gasteiger partial charge in [0, 0.05) is 13.0 Å². The van der Waals surface area contributed by atoms with Gasteiger partial charge >= 0.3 is 0 Å². The zero-order valence-electron chi connectivity index (χ0n) is 14.2. The van der Waals surface area contributed by atoms with E-state index >= 15 is 0 Å². The summed E-state index contributed by atoms with van der Waals surface area (Å²) in [4.78, 5) is 15.7. The van der Waals surface area contributed by atoms with Gasteiger partial charge in [0.1, 0.15) is 11.5 Å². The smallest absolute Gasteiger partial charge is 0.168 e. The van der Waals surface area contributed by atoms with Crippen LogP contribution in [0.25, 0.3) is 0 Å². The topological polar surface area (TPSA) is 58.7 Å². The fourth-order valence-electron chi connectivity index (χ4n) is 3.44. The molecule has 2 aromatic rings. The number of carbonyl (C=O) groups excluding carboxylic acids is 1. The van der Waals surface area contributed by atoms with Crippen molar-refractivity contribution in [2.45, 2.75) is 52.0 Å². The minimum atomic E-state index is 0.152. The van der Waals surface area contributed by atoms with Crippen LogP contribution in [0.3, 0.4) is 0 Å². The van der Waals surface area contributed by atoms with Crippen molar-refractivity contribution in [3.63, 3.8) is 0 Å². The third-order valence-corrected chi connectivity index (χ3v) is 4.87. The maximum Gasteiger partial charge on any atom is 0.168 e. The average molecular weight is 321 g/mol. The molecule has 1 aromatic heterocycles. The van der Waals surface area contributed by atoms with E-state index in [1.54, 1.807) is 6.20 Å². The Balaban J connectivity index is 1.83. The third-order valence-electron chi connectivity index (χ3n) is 4.87. The first-order valence-electron chi connectivity index (χ1n) is 8.75. The van der Waals surface area contributed by atoms with Crippen molar-refractivity contribution >= 4 is 6.29 Å².